The van der Waals surface area contributed by atoms with Crippen molar-refractivity contribution in [3.63, 3.8) is 0 Å². The van der Waals surface area contributed by atoms with Gasteiger partial charge in [-0.2, -0.15) is 0 Å². The van der Waals surface area contributed by atoms with Crippen molar-refractivity contribution in [2.45, 2.75) is 13.8 Å². The summed E-state index contributed by atoms with van der Waals surface area (Å²) in [4.78, 5) is 18.1. The molecular formula is C20H16N4O2S. The van der Waals surface area contributed by atoms with Crippen molar-refractivity contribution < 1.29 is 9.42 Å². The molecule has 0 spiro atoms. The molecule has 0 aliphatic rings. The molecule has 6 nitrogen and oxygen atoms in total. The van der Waals surface area contributed by atoms with E-state index in [1.165, 1.54) is 11.3 Å². The van der Waals surface area contributed by atoms with Crippen LogP contribution in [0.2, 0.25) is 0 Å². The van der Waals surface area contributed by atoms with Gasteiger partial charge < -0.3 is 5.32 Å². The van der Waals surface area contributed by atoms with Crippen LogP contribution in [0.3, 0.4) is 0 Å². The third-order valence-corrected chi connectivity index (χ3v) is 5.05. The summed E-state index contributed by atoms with van der Waals surface area (Å²) in [5.74, 6) is -0.0733. The van der Waals surface area contributed by atoms with Gasteiger partial charge in [-0.15, -0.1) is 11.3 Å². The number of amides is 1. The summed E-state index contributed by atoms with van der Waals surface area (Å²) in [6.07, 6.45) is 0. The quantitative estimate of drug-likeness (QED) is 0.557. The largest absolute Gasteiger partial charge is 0.300 e. The molecule has 27 heavy (non-hydrogen) atoms. The standard InChI is InChI=1S/C20H16N4O2S/c1-12-8-10-14(11-9-12)16-19(24-26-23-16)22-20(25)17-18(27-13(2)21-17)15-6-4-3-5-7-15/h3-11H,1-2H3,(H,22,24,25). The number of carbonyl (C=O) groups is 1. The Morgan fingerprint density at radius 1 is 0.963 bits per heavy atom. The second-order valence-corrected chi connectivity index (χ2v) is 7.26. The van der Waals surface area contributed by atoms with Crippen LogP contribution in [-0.2, 0) is 0 Å². The molecule has 0 bridgehead atoms. The van der Waals surface area contributed by atoms with E-state index in [0.717, 1.165) is 26.6 Å². The molecule has 2 aromatic carbocycles. The molecule has 134 valence electrons. The molecule has 1 N–H and O–H groups in total. The minimum atomic E-state index is -0.345. The number of benzene rings is 2. The van der Waals surface area contributed by atoms with E-state index >= 15 is 0 Å². The molecule has 2 heterocycles. The summed E-state index contributed by atoms with van der Waals surface area (Å²) in [6, 6.07) is 17.5. The summed E-state index contributed by atoms with van der Waals surface area (Å²) in [5, 5.41) is 11.4. The Hall–Kier alpha value is -3.32. The van der Waals surface area contributed by atoms with Gasteiger partial charge in [-0.25, -0.2) is 9.61 Å². The van der Waals surface area contributed by atoms with Crippen LogP contribution in [0.15, 0.2) is 59.2 Å². The first-order chi connectivity index (χ1) is 13.1. The fraction of sp³-hybridized carbons (Fsp3) is 0.100. The molecule has 0 fully saturated rings. The number of thiazole rings is 1. The Bertz CT molecular complexity index is 1080. The van der Waals surface area contributed by atoms with Gasteiger partial charge >= 0.3 is 0 Å². The Labute approximate surface area is 159 Å². The summed E-state index contributed by atoms with van der Waals surface area (Å²) >= 11 is 1.48. The highest BCUT2D eigenvalue weighted by Gasteiger charge is 2.22. The van der Waals surface area contributed by atoms with Crippen molar-refractivity contribution in [1.82, 2.24) is 15.3 Å². The van der Waals surface area contributed by atoms with Crippen LogP contribution in [0.4, 0.5) is 5.82 Å². The topological polar surface area (TPSA) is 80.9 Å². The van der Waals surface area contributed by atoms with E-state index in [4.69, 9.17) is 4.63 Å². The normalized spacial score (nSPS) is 10.7. The highest BCUT2D eigenvalue weighted by molar-refractivity contribution is 7.15. The molecule has 0 aliphatic heterocycles. The minimum absolute atomic E-state index is 0.272. The summed E-state index contributed by atoms with van der Waals surface area (Å²) in [6.45, 7) is 3.88. The van der Waals surface area contributed by atoms with Gasteiger partial charge in [0.15, 0.2) is 5.69 Å². The lowest BCUT2D eigenvalue weighted by Gasteiger charge is -2.04. The maximum atomic E-state index is 12.9. The van der Waals surface area contributed by atoms with Crippen LogP contribution >= 0.6 is 11.3 Å². The summed E-state index contributed by atoms with van der Waals surface area (Å²) < 4.78 is 4.85. The van der Waals surface area contributed by atoms with Crippen molar-refractivity contribution in [2.24, 2.45) is 0 Å². The predicted molar refractivity (Wildman–Crippen MR) is 105 cm³/mol. The molecule has 0 unspecified atom stereocenters. The SMILES string of the molecule is Cc1ccc(-c2nonc2NC(=O)c2nc(C)sc2-c2ccccc2)cc1. The van der Waals surface area contributed by atoms with E-state index in [9.17, 15) is 4.79 Å². The van der Waals surface area contributed by atoms with Gasteiger partial charge in [0.05, 0.1) is 9.88 Å². The number of nitrogens with one attached hydrogen (secondary N) is 1. The Balaban J connectivity index is 1.65. The number of hydrogen-bond acceptors (Lipinski definition) is 6. The molecule has 0 saturated carbocycles. The van der Waals surface area contributed by atoms with Gasteiger partial charge in [-0.1, -0.05) is 60.2 Å². The molecule has 4 aromatic rings. The van der Waals surface area contributed by atoms with Gasteiger partial charge in [0.2, 0.25) is 5.82 Å². The number of anilines is 1. The van der Waals surface area contributed by atoms with E-state index in [1.807, 2.05) is 68.4 Å². The third kappa shape index (κ3) is 3.50. The number of nitrogens with zero attached hydrogens (tertiary/aromatic N) is 3. The first-order valence-corrected chi connectivity index (χ1v) is 9.17. The van der Waals surface area contributed by atoms with Crippen LogP contribution < -0.4 is 5.32 Å². The number of aryl methyl sites for hydroxylation is 2. The monoisotopic (exact) mass is 376 g/mol. The lowest BCUT2D eigenvalue weighted by atomic mass is 10.1. The fourth-order valence-electron chi connectivity index (χ4n) is 2.70. The zero-order valence-electron chi connectivity index (χ0n) is 14.8. The number of carbonyl (C=O) groups excluding carboxylic acids is 1. The zero-order valence-corrected chi connectivity index (χ0v) is 15.6. The number of hydrogen-bond donors (Lipinski definition) is 1. The highest BCUT2D eigenvalue weighted by atomic mass is 32.1. The molecule has 1 amide bonds. The molecule has 7 heteroatoms. The fourth-order valence-corrected chi connectivity index (χ4v) is 3.63. The highest BCUT2D eigenvalue weighted by Crippen LogP contribution is 2.31. The van der Waals surface area contributed by atoms with Crippen molar-refractivity contribution in [1.29, 1.82) is 0 Å². The van der Waals surface area contributed by atoms with Crippen molar-refractivity contribution in [2.75, 3.05) is 5.32 Å². The minimum Gasteiger partial charge on any atom is -0.300 e. The van der Waals surface area contributed by atoms with Gasteiger partial charge in [-0.3, -0.25) is 4.79 Å². The maximum absolute atomic E-state index is 12.9. The molecule has 0 radical (unpaired) electrons. The van der Waals surface area contributed by atoms with Gasteiger partial charge in [0.25, 0.3) is 5.91 Å². The number of aromatic nitrogens is 3. The molecule has 0 saturated heterocycles. The van der Waals surface area contributed by atoms with E-state index in [-0.39, 0.29) is 11.7 Å². The Morgan fingerprint density at radius 2 is 1.70 bits per heavy atom. The van der Waals surface area contributed by atoms with Gasteiger partial charge in [-0.05, 0) is 29.7 Å². The average Bonchev–Trinajstić information content (AvgIpc) is 3.30. The van der Waals surface area contributed by atoms with Gasteiger partial charge in [0.1, 0.15) is 5.69 Å². The van der Waals surface area contributed by atoms with Crippen LogP contribution in [0.25, 0.3) is 21.7 Å². The average molecular weight is 376 g/mol. The van der Waals surface area contributed by atoms with Crippen LogP contribution in [0.5, 0.6) is 0 Å². The molecule has 0 aliphatic carbocycles. The Morgan fingerprint density at radius 3 is 2.44 bits per heavy atom. The lowest BCUT2D eigenvalue weighted by molar-refractivity contribution is 0.102. The zero-order chi connectivity index (χ0) is 18.8. The molecular weight excluding hydrogens is 360 g/mol. The van der Waals surface area contributed by atoms with E-state index in [0.29, 0.717) is 11.4 Å². The van der Waals surface area contributed by atoms with Crippen LogP contribution in [0.1, 0.15) is 21.1 Å². The van der Waals surface area contributed by atoms with Crippen LogP contribution in [0, 0.1) is 13.8 Å². The molecule has 0 atom stereocenters. The van der Waals surface area contributed by atoms with E-state index in [1.54, 1.807) is 0 Å². The van der Waals surface area contributed by atoms with Gasteiger partial charge in [0, 0.05) is 5.56 Å². The predicted octanol–water partition coefficient (Wildman–Crippen LogP) is 4.73. The van der Waals surface area contributed by atoms with E-state index in [2.05, 4.69) is 20.6 Å². The third-order valence-electron chi connectivity index (χ3n) is 4.03. The number of rotatable bonds is 4. The Kier molecular flexibility index (Phi) is 4.52. The van der Waals surface area contributed by atoms with Crippen LogP contribution in [-0.4, -0.2) is 21.2 Å². The second-order valence-electron chi connectivity index (χ2n) is 6.06. The molecule has 2 aromatic heterocycles. The summed E-state index contributed by atoms with van der Waals surface area (Å²) in [5.41, 5.74) is 3.74. The van der Waals surface area contributed by atoms with Crippen molar-refractivity contribution >= 4 is 23.1 Å². The van der Waals surface area contributed by atoms with Crippen molar-refractivity contribution in [3.05, 3.63) is 70.9 Å². The smallest absolute Gasteiger partial charge is 0.277 e. The first kappa shape index (κ1) is 17.1. The van der Waals surface area contributed by atoms with Crippen molar-refractivity contribution in [3.8, 4) is 21.7 Å². The summed E-state index contributed by atoms with van der Waals surface area (Å²) in [7, 11) is 0. The van der Waals surface area contributed by atoms with E-state index < -0.39 is 0 Å². The second kappa shape index (κ2) is 7.13. The maximum Gasteiger partial charge on any atom is 0.277 e. The molecule has 4 rings (SSSR count). The lowest BCUT2D eigenvalue weighted by Crippen LogP contribution is -2.14. The first-order valence-electron chi connectivity index (χ1n) is 8.35.